The second-order valence-corrected chi connectivity index (χ2v) is 6.19. The largest absolute Gasteiger partial charge is 0.317 e. The van der Waals surface area contributed by atoms with Crippen molar-refractivity contribution in [2.45, 2.75) is 51.2 Å². The van der Waals surface area contributed by atoms with Gasteiger partial charge in [0.1, 0.15) is 0 Å². The molecule has 0 aromatic heterocycles. The van der Waals surface area contributed by atoms with Gasteiger partial charge in [-0.15, -0.1) is 0 Å². The highest BCUT2D eigenvalue weighted by molar-refractivity contribution is 4.91. The summed E-state index contributed by atoms with van der Waals surface area (Å²) in [7, 11) is 4.36. The van der Waals surface area contributed by atoms with Gasteiger partial charge in [0.2, 0.25) is 0 Å². The quantitative estimate of drug-likeness (QED) is 0.786. The molecule has 0 radical (unpaired) electrons. The predicted octanol–water partition coefficient (Wildman–Crippen LogP) is 1.40. The second kappa shape index (κ2) is 5.68. The maximum absolute atomic E-state index is 3.44. The molecule has 0 amide bonds. The molecule has 1 N–H and O–H groups in total. The minimum atomic E-state index is 0.739. The van der Waals surface area contributed by atoms with Crippen LogP contribution >= 0.6 is 0 Å². The summed E-state index contributed by atoms with van der Waals surface area (Å²) in [6, 6.07) is 2.30. The van der Waals surface area contributed by atoms with Crippen LogP contribution < -0.4 is 5.32 Å². The lowest BCUT2D eigenvalue weighted by atomic mass is 9.88. The van der Waals surface area contributed by atoms with Crippen LogP contribution in [0.15, 0.2) is 0 Å². The average Bonchev–Trinajstić information content (AvgIpc) is 2.30. The highest BCUT2D eigenvalue weighted by atomic mass is 15.2. The molecule has 100 valence electrons. The van der Waals surface area contributed by atoms with Crippen molar-refractivity contribution in [3.63, 3.8) is 0 Å². The summed E-state index contributed by atoms with van der Waals surface area (Å²) < 4.78 is 0. The van der Waals surface area contributed by atoms with Gasteiger partial charge in [0.25, 0.3) is 0 Å². The first-order chi connectivity index (χ1) is 8.11. The van der Waals surface area contributed by atoms with Crippen LogP contribution in [0, 0.1) is 5.92 Å². The van der Waals surface area contributed by atoms with Crippen molar-refractivity contribution in [3.05, 3.63) is 0 Å². The fraction of sp³-hybridized carbons (Fsp3) is 1.00. The Labute approximate surface area is 107 Å². The van der Waals surface area contributed by atoms with Gasteiger partial charge >= 0.3 is 0 Å². The Balaban J connectivity index is 1.93. The Kier molecular flexibility index (Phi) is 4.45. The molecule has 2 fully saturated rings. The summed E-state index contributed by atoms with van der Waals surface area (Å²) in [6.45, 7) is 8.66. The van der Waals surface area contributed by atoms with Crippen LogP contribution in [0.4, 0.5) is 0 Å². The summed E-state index contributed by atoms with van der Waals surface area (Å²) in [4.78, 5) is 5.26. The Morgan fingerprint density at radius 1 is 1.12 bits per heavy atom. The van der Waals surface area contributed by atoms with Crippen LogP contribution in [0.25, 0.3) is 0 Å². The van der Waals surface area contributed by atoms with Gasteiger partial charge in [-0.3, -0.25) is 4.90 Å². The standard InChI is InChI=1S/C14H29N3/c1-11-10-16(4)7-6-14(11)17-8-5-13(15-3)9-12(17)2/h11-15H,5-10H2,1-4H3. The van der Waals surface area contributed by atoms with E-state index in [9.17, 15) is 0 Å². The van der Waals surface area contributed by atoms with Crippen molar-refractivity contribution in [3.8, 4) is 0 Å². The van der Waals surface area contributed by atoms with Gasteiger partial charge < -0.3 is 10.2 Å². The van der Waals surface area contributed by atoms with Crippen molar-refractivity contribution < 1.29 is 0 Å². The fourth-order valence-electron chi connectivity index (χ4n) is 3.78. The van der Waals surface area contributed by atoms with Gasteiger partial charge in [0.05, 0.1) is 0 Å². The Morgan fingerprint density at radius 3 is 2.47 bits per heavy atom. The molecule has 2 aliphatic heterocycles. The maximum Gasteiger partial charge on any atom is 0.0148 e. The van der Waals surface area contributed by atoms with Crippen LogP contribution in [-0.4, -0.2) is 61.7 Å². The average molecular weight is 239 g/mol. The molecule has 0 saturated carbocycles. The SMILES string of the molecule is CNC1CCN(C2CCN(C)CC2C)C(C)C1. The molecule has 0 bridgehead atoms. The van der Waals surface area contributed by atoms with Crippen molar-refractivity contribution in [2.24, 2.45) is 5.92 Å². The lowest BCUT2D eigenvalue weighted by Gasteiger charge is -2.47. The van der Waals surface area contributed by atoms with Crippen molar-refractivity contribution in [2.75, 3.05) is 33.7 Å². The predicted molar refractivity (Wildman–Crippen MR) is 73.3 cm³/mol. The summed E-state index contributed by atoms with van der Waals surface area (Å²) in [6.07, 6.45) is 3.99. The van der Waals surface area contributed by atoms with Gasteiger partial charge in [-0.25, -0.2) is 0 Å². The van der Waals surface area contributed by atoms with E-state index in [0.717, 1.165) is 24.0 Å². The monoisotopic (exact) mass is 239 g/mol. The van der Waals surface area contributed by atoms with E-state index >= 15 is 0 Å². The highest BCUT2D eigenvalue weighted by Gasteiger charge is 2.34. The van der Waals surface area contributed by atoms with Crippen molar-refractivity contribution in [1.82, 2.24) is 15.1 Å². The zero-order valence-corrected chi connectivity index (χ0v) is 11.9. The molecule has 3 nitrogen and oxygen atoms in total. The van der Waals surface area contributed by atoms with Gasteiger partial charge in [-0.1, -0.05) is 6.92 Å². The third-order valence-corrected chi connectivity index (χ3v) is 4.82. The third kappa shape index (κ3) is 3.01. The highest BCUT2D eigenvalue weighted by Crippen LogP contribution is 2.27. The molecule has 2 rings (SSSR count). The molecular weight excluding hydrogens is 210 g/mol. The molecule has 0 aromatic carbocycles. The van der Waals surface area contributed by atoms with E-state index in [1.807, 2.05) is 0 Å². The number of rotatable bonds is 2. The minimum Gasteiger partial charge on any atom is -0.317 e. The molecule has 0 aromatic rings. The minimum absolute atomic E-state index is 0.739. The molecule has 2 aliphatic rings. The number of hydrogen-bond acceptors (Lipinski definition) is 3. The smallest absolute Gasteiger partial charge is 0.0148 e. The molecule has 17 heavy (non-hydrogen) atoms. The molecule has 4 unspecified atom stereocenters. The third-order valence-electron chi connectivity index (χ3n) is 4.82. The first-order valence-corrected chi connectivity index (χ1v) is 7.23. The number of nitrogens with one attached hydrogen (secondary N) is 1. The van der Waals surface area contributed by atoms with Crippen LogP contribution in [-0.2, 0) is 0 Å². The summed E-state index contributed by atoms with van der Waals surface area (Å²) in [5, 5.41) is 3.44. The Hall–Kier alpha value is -0.120. The summed E-state index contributed by atoms with van der Waals surface area (Å²) in [5.41, 5.74) is 0. The lowest BCUT2D eigenvalue weighted by molar-refractivity contribution is 0.0229. The van der Waals surface area contributed by atoms with E-state index in [1.165, 1.54) is 38.9 Å². The zero-order chi connectivity index (χ0) is 12.4. The zero-order valence-electron chi connectivity index (χ0n) is 11.9. The van der Waals surface area contributed by atoms with Crippen molar-refractivity contribution >= 4 is 0 Å². The van der Waals surface area contributed by atoms with Crippen LogP contribution in [0.1, 0.15) is 33.1 Å². The Morgan fingerprint density at radius 2 is 1.88 bits per heavy atom. The molecule has 0 spiro atoms. The van der Waals surface area contributed by atoms with Gasteiger partial charge in [0.15, 0.2) is 0 Å². The maximum atomic E-state index is 3.44. The summed E-state index contributed by atoms with van der Waals surface area (Å²) >= 11 is 0. The van der Waals surface area contributed by atoms with Crippen molar-refractivity contribution in [1.29, 1.82) is 0 Å². The van der Waals surface area contributed by atoms with Crippen LogP contribution in [0.3, 0.4) is 0 Å². The number of hydrogen-bond donors (Lipinski definition) is 1. The first-order valence-electron chi connectivity index (χ1n) is 7.23. The first kappa shape index (κ1) is 13.3. The summed E-state index contributed by atoms with van der Waals surface area (Å²) in [5.74, 6) is 0.822. The fourth-order valence-corrected chi connectivity index (χ4v) is 3.78. The Bertz CT molecular complexity index is 244. The van der Waals surface area contributed by atoms with Crippen LogP contribution in [0.5, 0.6) is 0 Å². The van der Waals surface area contributed by atoms with E-state index in [1.54, 1.807) is 0 Å². The van der Waals surface area contributed by atoms with Crippen LogP contribution in [0.2, 0.25) is 0 Å². The molecular formula is C14H29N3. The van der Waals surface area contributed by atoms with E-state index < -0.39 is 0 Å². The lowest BCUT2D eigenvalue weighted by Crippen LogP contribution is -2.56. The molecule has 0 aliphatic carbocycles. The second-order valence-electron chi connectivity index (χ2n) is 6.19. The van der Waals surface area contributed by atoms with E-state index in [2.05, 4.69) is 43.1 Å². The van der Waals surface area contributed by atoms with Gasteiger partial charge in [0, 0.05) is 31.2 Å². The van der Waals surface area contributed by atoms with E-state index in [0.29, 0.717) is 0 Å². The number of likely N-dealkylation sites (tertiary alicyclic amines) is 2. The number of piperidine rings is 2. The topological polar surface area (TPSA) is 18.5 Å². The van der Waals surface area contributed by atoms with Gasteiger partial charge in [-0.05, 0) is 52.7 Å². The normalized spacial score (nSPS) is 41.6. The molecule has 4 atom stereocenters. The molecule has 3 heteroatoms. The van der Waals surface area contributed by atoms with E-state index in [4.69, 9.17) is 0 Å². The molecule has 2 saturated heterocycles. The molecule has 2 heterocycles. The van der Waals surface area contributed by atoms with Gasteiger partial charge in [-0.2, -0.15) is 0 Å². The number of nitrogens with zero attached hydrogens (tertiary/aromatic N) is 2. The van der Waals surface area contributed by atoms with E-state index in [-0.39, 0.29) is 0 Å².